The van der Waals surface area contributed by atoms with Crippen LogP contribution in [0.1, 0.15) is 19.4 Å². The van der Waals surface area contributed by atoms with Crippen LogP contribution in [0.5, 0.6) is 0 Å². The van der Waals surface area contributed by atoms with E-state index >= 15 is 0 Å². The lowest BCUT2D eigenvalue weighted by atomic mass is 10.2. The van der Waals surface area contributed by atoms with E-state index in [9.17, 15) is 4.39 Å². The molecule has 0 aliphatic carbocycles. The highest BCUT2D eigenvalue weighted by Gasteiger charge is 1.98. The SMILES string of the molecule is CC.Cc1cccc(Br)c1F. The molecule has 0 bridgehead atoms. The summed E-state index contributed by atoms with van der Waals surface area (Å²) >= 11 is 3.07. The third-order valence-electron chi connectivity index (χ3n) is 1.14. The lowest BCUT2D eigenvalue weighted by Crippen LogP contribution is -1.80. The van der Waals surface area contributed by atoms with Crippen LogP contribution in [0.15, 0.2) is 22.7 Å². The Balaban J connectivity index is 0.000000461. The molecule has 0 heterocycles. The third kappa shape index (κ3) is 3.02. The number of aryl methyl sites for hydroxylation is 1. The lowest BCUT2D eigenvalue weighted by molar-refractivity contribution is 0.612. The molecule has 0 spiro atoms. The van der Waals surface area contributed by atoms with Crippen molar-refractivity contribution in [3.05, 3.63) is 34.1 Å². The zero-order valence-corrected chi connectivity index (χ0v) is 8.57. The fourth-order valence-electron chi connectivity index (χ4n) is 0.612. The van der Waals surface area contributed by atoms with E-state index in [1.165, 1.54) is 0 Å². The second-order valence-corrected chi connectivity index (χ2v) is 2.73. The summed E-state index contributed by atoms with van der Waals surface area (Å²) < 4.78 is 13.2. The van der Waals surface area contributed by atoms with Crippen LogP contribution in [0.3, 0.4) is 0 Å². The maximum atomic E-state index is 12.7. The maximum absolute atomic E-state index is 12.7. The number of hydrogen-bond donors (Lipinski definition) is 0. The maximum Gasteiger partial charge on any atom is 0.140 e. The van der Waals surface area contributed by atoms with Gasteiger partial charge in [0.15, 0.2) is 0 Å². The van der Waals surface area contributed by atoms with Gasteiger partial charge in [-0.2, -0.15) is 0 Å². The van der Waals surface area contributed by atoms with Crippen molar-refractivity contribution in [2.24, 2.45) is 0 Å². The Bertz CT molecular complexity index is 201. The van der Waals surface area contributed by atoms with Crippen LogP contribution in [0.4, 0.5) is 4.39 Å². The largest absolute Gasteiger partial charge is 0.205 e. The first-order valence-corrected chi connectivity index (χ1v) is 4.41. The van der Waals surface area contributed by atoms with Gasteiger partial charge in [0.05, 0.1) is 4.47 Å². The molecule has 0 aromatic heterocycles. The Morgan fingerprint density at radius 3 is 2.18 bits per heavy atom. The highest BCUT2D eigenvalue weighted by atomic mass is 79.9. The molecule has 0 aliphatic rings. The normalized spacial score (nSPS) is 8.45. The summed E-state index contributed by atoms with van der Waals surface area (Å²) in [4.78, 5) is 0. The second-order valence-electron chi connectivity index (χ2n) is 1.87. The summed E-state index contributed by atoms with van der Waals surface area (Å²) in [6.45, 7) is 5.74. The Morgan fingerprint density at radius 2 is 1.82 bits per heavy atom. The molecule has 0 N–H and O–H groups in total. The highest BCUT2D eigenvalue weighted by molar-refractivity contribution is 9.10. The molecule has 0 radical (unpaired) electrons. The Hall–Kier alpha value is -0.370. The Labute approximate surface area is 75.6 Å². The molecule has 1 aromatic carbocycles. The standard InChI is InChI=1S/C7H6BrF.C2H6/c1-5-3-2-4-6(8)7(5)9;1-2/h2-4H,1H3;1-2H3. The summed E-state index contributed by atoms with van der Waals surface area (Å²) in [6, 6.07) is 5.23. The van der Waals surface area contributed by atoms with Gasteiger partial charge in [-0.3, -0.25) is 0 Å². The van der Waals surface area contributed by atoms with Crippen LogP contribution < -0.4 is 0 Å². The first-order valence-electron chi connectivity index (χ1n) is 3.62. The van der Waals surface area contributed by atoms with E-state index in [1.54, 1.807) is 19.1 Å². The molecule has 1 aromatic rings. The minimum Gasteiger partial charge on any atom is -0.205 e. The lowest BCUT2D eigenvalue weighted by Gasteiger charge is -1.95. The van der Waals surface area contributed by atoms with E-state index < -0.39 is 0 Å². The number of rotatable bonds is 0. The predicted octanol–water partition coefficient (Wildman–Crippen LogP) is 3.92. The van der Waals surface area contributed by atoms with Crippen LogP contribution in [-0.4, -0.2) is 0 Å². The van der Waals surface area contributed by atoms with Gasteiger partial charge in [-0.15, -0.1) is 0 Å². The van der Waals surface area contributed by atoms with Crippen molar-refractivity contribution in [1.82, 2.24) is 0 Å². The van der Waals surface area contributed by atoms with Gasteiger partial charge in [-0.1, -0.05) is 26.0 Å². The van der Waals surface area contributed by atoms with Gasteiger partial charge in [0.25, 0.3) is 0 Å². The molecule has 0 saturated carbocycles. The van der Waals surface area contributed by atoms with Crippen molar-refractivity contribution < 1.29 is 4.39 Å². The van der Waals surface area contributed by atoms with Gasteiger partial charge in [0.1, 0.15) is 5.82 Å². The van der Waals surface area contributed by atoms with Gasteiger partial charge in [-0.25, -0.2) is 4.39 Å². The van der Waals surface area contributed by atoms with Crippen molar-refractivity contribution in [1.29, 1.82) is 0 Å². The molecular weight excluding hydrogens is 207 g/mol. The zero-order chi connectivity index (χ0) is 8.85. The minimum absolute atomic E-state index is 0.169. The van der Waals surface area contributed by atoms with Crippen molar-refractivity contribution >= 4 is 15.9 Å². The molecule has 0 atom stereocenters. The fraction of sp³-hybridized carbons (Fsp3) is 0.333. The summed E-state index contributed by atoms with van der Waals surface area (Å²) in [5.41, 5.74) is 0.671. The molecule has 0 nitrogen and oxygen atoms in total. The second kappa shape index (κ2) is 5.30. The molecule has 62 valence electrons. The van der Waals surface area contributed by atoms with Gasteiger partial charge < -0.3 is 0 Å². The molecule has 0 aliphatic heterocycles. The average Bonchev–Trinajstić information content (AvgIpc) is 2.04. The van der Waals surface area contributed by atoms with Gasteiger partial charge >= 0.3 is 0 Å². The van der Waals surface area contributed by atoms with E-state index in [-0.39, 0.29) is 5.82 Å². The topological polar surface area (TPSA) is 0 Å². The summed E-state index contributed by atoms with van der Waals surface area (Å²) in [6.07, 6.45) is 0. The van der Waals surface area contributed by atoms with Gasteiger partial charge in [-0.05, 0) is 34.5 Å². The van der Waals surface area contributed by atoms with E-state index in [0.717, 1.165) is 0 Å². The van der Waals surface area contributed by atoms with Crippen molar-refractivity contribution in [2.45, 2.75) is 20.8 Å². The average molecular weight is 219 g/mol. The predicted molar refractivity (Wildman–Crippen MR) is 50.2 cm³/mol. The molecule has 0 amide bonds. The first kappa shape index (κ1) is 10.6. The van der Waals surface area contributed by atoms with E-state index in [1.807, 2.05) is 19.9 Å². The molecule has 11 heavy (non-hydrogen) atoms. The van der Waals surface area contributed by atoms with E-state index in [4.69, 9.17) is 0 Å². The van der Waals surface area contributed by atoms with Crippen molar-refractivity contribution in [2.75, 3.05) is 0 Å². The monoisotopic (exact) mass is 218 g/mol. The van der Waals surface area contributed by atoms with Crippen molar-refractivity contribution in [3.8, 4) is 0 Å². The fourth-order valence-corrected chi connectivity index (χ4v) is 1.08. The molecule has 1 rings (SSSR count). The molecule has 2 heteroatoms. The number of benzene rings is 1. The van der Waals surface area contributed by atoms with Crippen LogP contribution >= 0.6 is 15.9 Å². The van der Waals surface area contributed by atoms with E-state index in [0.29, 0.717) is 10.0 Å². The third-order valence-corrected chi connectivity index (χ3v) is 1.76. The first-order chi connectivity index (χ1) is 5.22. The van der Waals surface area contributed by atoms with Crippen LogP contribution in [0, 0.1) is 12.7 Å². The summed E-state index contributed by atoms with van der Waals surface area (Å²) in [7, 11) is 0. The van der Waals surface area contributed by atoms with Crippen molar-refractivity contribution in [3.63, 3.8) is 0 Å². The van der Waals surface area contributed by atoms with E-state index in [2.05, 4.69) is 15.9 Å². The summed E-state index contributed by atoms with van der Waals surface area (Å²) in [5, 5.41) is 0. The molecule has 0 saturated heterocycles. The van der Waals surface area contributed by atoms with Crippen LogP contribution in [0.2, 0.25) is 0 Å². The zero-order valence-electron chi connectivity index (χ0n) is 6.99. The molecular formula is C9H12BrF. The number of halogens is 2. The highest BCUT2D eigenvalue weighted by Crippen LogP contribution is 2.16. The minimum atomic E-state index is -0.169. The summed E-state index contributed by atoms with van der Waals surface area (Å²) in [5.74, 6) is -0.169. The van der Waals surface area contributed by atoms with Gasteiger partial charge in [0, 0.05) is 0 Å². The Kier molecular flexibility index (Phi) is 5.12. The number of hydrogen-bond acceptors (Lipinski definition) is 0. The quantitative estimate of drug-likeness (QED) is 0.620. The Morgan fingerprint density at radius 1 is 1.27 bits per heavy atom. The molecule has 0 fully saturated rings. The van der Waals surface area contributed by atoms with Crippen LogP contribution in [0.25, 0.3) is 0 Å². The van der Waals surface area contributed by atoms with Crippen LogP contribution in [-0.2, 0) is 0 Å². The molecule has 0 unspecified atom stereocenters. The smallest absolute Gasteiger partial charge is 0.140 e. The van der Waals surface area contributed by atoms with Gasteiger partial charge in [0.2, 0.25) is 0 Å².